The highest BCUT2D eigenvalue weighted by molar-refractivity contribution is 5.64. The molecule has 1 atom stereocenters. The van der Waals surface area contributed by atoms with E-state index in [1.165, 1.54) is 19.3 Å². The van der Waals surface area contributed by atoms with Gasteiger partial charge in [-0.25, -0.2) is 0 Å². The van der Waals surface area contributed by atoms with Gasteiger partial charge < -0.3 is 19.5 Å². The van der Waals surface area contributed by atoms with Crippen molar-refractivity contribution in [3.63, 3.8) is 0 Å². The normalized spacial score (nSPS) is 13.6. The third-order valence-corrected chi connectivity index (χ3v) is 3.24. The average molecular weight is 259 g/mol. The number of unbranched alkanes of at least 4 members (excludes halogenated alkanes) is 3. The van der Waals surface area contributed by atoms with Crippen molar-refractivity contribution in [3.05, 3.63) is 0 Å². The Morgan fingerprint density at radius 2 is 1.89 bits per heavy atom. The Bertz CT molecular complexity index is 229. The number of quaternary nitrogens is 1. The SMILES string of the molecule is CCCCCCC(O)C[N+](C)(C)CCCC(=O)[O-]. The van der Waals surface area contributed by atoms with Gasteiger partial charge in [-0.1, -0.05) is 32.6 Å². The maximum absolute atomic E-state index is 10.3. The number of hydrogen-bond acceptors (Lipinski definition) is 3. The number of carbonyl (C=O) groups excluding carboxylic acids is 1. The molecule has 1 N–H and O–H groups in total. The van der Waals surface area contributed by atoms with Gasteiger partial charge in [0, 0.05) is 12.4 Å². The minimum Gasteiger partial charge on any atom is -0.550 e. The highest BCUT2D eigenvalue weighted by atomic mass is 16.4. The first-order chi connectivity index (χ1) is 8.37. The summed E-state index contributed by atoms with van der Waals surface area (Å²) < 4.78 is 0.669. The molecule has 1 unspecified atom stereocenters. The molecule has 0 aliphatic heterocycles. The summed E-state index contributed by atoms with van der Waals surface area (Å²) in [7, 11) is 4.06. The molecule has 18 heavy (non-hydrogen) atoms. The van der Waals surface area contributed by atoms with Crippen LogP contribution in [0.3, 0.4) is 0 Å². The van der Waals surface area contributed by atoms with Crippen LogP contribution in [-0.4, -0.2) is 48.8 Å². The first-order valence-corrected chi connectivity index (χ1v) is 7.07. The van der Waals surface area contributed by atoms with E-state index in [-0.39, 0.29) is 12.5 Å². The van der Waals surface area contributed by atoms with E-state index in [0.29, 0.717) is 17.4 Å². The molecule has 0 heterocycles. The summed E-state index contributed by atoms with van der Waals surface area (Å²) in [5.74, 6) is -0.991. The highest BCUT2D eigenvalue weighted by Crippen LogP contribution is 2.10. The van der Waals surface area contributed by atoms with Crippen LogP contribution < -0.4 is 5.11 Å². The molecule has 0 amide bonds. The van der Waals surface area contributed by atoms with Crippen LogP contribution >= 0.6 is 0 Å². The standard InChI is InChI=1S/C14H29NO3/c1-4-5-6-7-9-13(16)12-15(2,3)11-8-10-14(17)18/h13,16H,4-12H2,1-3H3. The summed E-state index contributed by atoms with van der Waals surface area (Å²) in [6.45, 7) is 3.63. The number of carbonyl (C=O) groups is 1. The predicted octanol–water partition coefficient (Wildman–Crippen LogP) is 0.924. The van der Waals surface area contributed by atoms with Gasteiger partial charge in [0.1, 0.15) is 12.6 Å². The van der Waals surface area contributed by atoms with Gasteiger partial charge in [0.2, 0.25) is 0 Å². The van der Waals surface area contributed by atoms with Crippen molar-refractivity contribution in [2.45, 2.75) is 58.0 Å². The van der Waals surface area contributed by atoms with Crippen LogP contribution in [0.2, 0.25) is 0 Å². The van der Waals surface area contributed by atoms with Crippen LogP contribution in [0.4, 0.5) is 0 Å². The van der Waals surface area contributed by atoms with Crippen molar-refractivity contribution in [2.75, 3.05) is 27.2 Å². The van der Waals surface area contributed by atoms with Gasteiger partial charge in [-0.15, -0.1) is 0 Å². The zero-order valence-corrected chi connectivity index (χ0v) is 12.2. The summed E-state index contributed by atoms with van der Waals surface area (Å²) in [5.41, 5.74) is 0. The molecule has 0 saturated heterocycles. The Kier molecular flexibility index (Phi) is 9.02. The van der Waals surface area contributed by atoms with Crippen molar-refractivity contribution in [1.29, 1.82) is 0 Å². The summed E-state index contributed by atoms with van der Waals surface area (Å²) in [4.78, 5) is 10.3. The number of aliphatic hydroxyl groups is 1. The van der Waals surface area contributed by atoms with Gasteiger partial charge >= 0.3 is 0 Å². The number of carboxylic acids is 1. The molecule has 0 rings (SSSR count). The molecule has 108 valence electrons. The molecule has 0 spiro atoms. The Hall–Kier alpha value is -0.610. The van der Waals surface area contributed by atoms with E-state index in [9.17, 15) is 15.0 Å². The molecule has 0 saturated carbocycles. The van der Waals surface area contributed by atoms with E-state index in [1.54, 1.807) is 0 Å². The lowest BCUT2D eigenvalue weighted by Crippen LogP contribution is -2.46. The minimum atomic E-state index is -0.991. The molecule has 0 radical (unpaired) electrons. The molecule has 0 aromatic heterocycles. The van der Waals surface area contributed by atoms with E-state index in [0.717, 1.165) is 19.4 Å². The lowest BCUT2D eigenvalue weighted by Gasteiger charge is -2.32. The van der Waals surface area contributed by atoms with Gasteiger partial charge in [0.25, 0.3) is 0 Å². The van der Waals surface area contributed by atoms with Crippen LogP contribution in [-0.2, 0) is 4.79 Å². The number of nitrogens with zero attached hydrogens (tertiary/aromatic N) is 1. The third kappa shape index (κ3) is 10.5. The number of rotatable bonds is 11. The lowest BCUT2D eigenvalue weighted by molar-refractivity contribution is -0.893. The fourth-order valence-corrected chi connectivity index (χ4v) is 2.21. The molecule has 0 aromatic carbocycles. The van der Waals surface area contributed by atoms with Crippen LogP contribution in [0.1, 0.15) is 51.9 Å². The maximum Gasteiger partial charge on any atom is 0.105 e. The average Bonchev–Trinajstić information content (AvgIpc) is 2.22. The van der Waals surface area contributed by atoms with E-state index < -0.39 is 5.97 Å². The van der Waals surface area contributed by atoms with Crippen molar-refractivity contribution in [3.8, 4) is 0 Å². The minimum absolute atomic E-state index is 0.105. The molecule has 4 heteroatoms. The zero-order chi connectivity index (χ0) is 14.0. The number of hydrogen-bond donors (Lipinski definition) is 1. The summed E-state index contributed by atoms with van der Waals surface area (Å²) in [6.07, 6.45) is 5.99. The number of aliphatic hydroxyl groups excluding tert-OH is 1. The van der Waals surface area contributed by atoms with Crippen LogP contribution in [0.5, 0.6) is 0 Å². The number of aliphatic carboxylic acids is 1. The van der Waals surface area contributed by atoms with E-state index in [2.05, 4.69) is 6.92 Å². The second-order valence-electron chi connectivity index (χ2n) is 5.82. The molecule has 0 aromatic rings. The first kappa shape index (κ1) is 17.4. The Morgan fingerprint density at radius 1 is 1.22 bits per heavy atom. The van der Waals surface area contributed by atoms with Crippen molar-refractivity contribution >= 4 is 5.97 Å². The molecule has 0 aliphatic rings. The fraction of sp³-hybridized carbons (Fsp3) is 0.929. The second-order valence-corrected chi connectivity index (χ2v) is 5.82. The molecule has 0 aliphatic carbocycles. The molecule has 0 bridgehead atoms. The van der Waals surface area contributed by atoms with Gasteiger partial charge in [-0.05, 0) is 12.8 Å². The second kappa shape index (κ2) is 9.34. The Balaban J connectivity index is 3.74. The van der Waals surface area contributed by atoms with Crippen molar-refractivity contribution in [2.24, 2.45) is 0 Å². The Labute approximate surface area is 111 Å². The maximum atomic E-state index is 10.3. The molecule has 4 nitrogen and oxygen atoms in total. The summed E-state index contributed by atoms with van der Waals surface area (Å²) in [6, 6.07) is 0. The predicted molar refractivity (Wildman–Crippen MR) is 70.8 cm³/mol. The van der Waals surface area contributed by atoms with Crippen molar-refractivity contribution < 1.29 is 19.5 Å². The molecular weight excluding hydrogens is 230 g/mol. The molecule has 0 fully saturated rings. The van der Waals surface area contributed by atoms with Gasteiger partial charge in [-0.3, -0.25) is 0 Å². The summed E-state index contributed by atoms with van der Waals surface area (Å²) in [5, 5.41) is 20.3. The van der Waals surface area contributed by atoms with Crippen LogP contribution in [0.15, 0.2) is 0 Å². The van der Waals surface area contributed by atoms with Gasteiger partial charge in [0.05, 0.1) is 20.6 Å². The van der Waals surface area contributed by atoms with E-state index in [4.69, 9.17) is 0 Å². The van der Waals surface area contributed by atoms with Crippen molar-refractivity contribution in [1.82, 2.24) is 0 Å². The lowest BCUT2D eigenvalue weighted by atomic mass is 10.1. The monoisotopic (exact) mass is 259 g/mol. The zero-order valence-electron chi connectivity index (χ0n) is 12.2. The Morgan fingerprint density at radius 3 is 2.44 bits per heavy atom. The highest BCUT2D eigenvalue weighted by Gasteiger charge is 2.19. The smallest absolute Gasteiger partial charge is 0.105 e. The van der Waals surface area contributed by atoms with E-state index in [1.807, 2.05) is 14.1 Å². The number of carboxylic acid groups (broad SMARTS) is 1. The van der Waals surface area contributed by atoms with E-state index >= 15 is 0 Å². The fourth-order valence-electron chi connectivity index (χ4n) is 2.21. The van der Waals surface area contributed by atoms with Gasteiger partial charge in [0.15, 0.2) is 0 Å². The van der Waals surface area contributed by atoms with Crippen LogP contribution in [0, 0.1) is 0 Å². The topological polar surface area (TPSA) is 60.4 Å². The number of likely N-dealkylation sites (N-methyl/N-ethyl adjacent to an activating group) is 1. The van der Waals surface area contributed by atoms with Gasteiger partial charge in [-0.2, -0.15) is 0 Å². The first-order valence-electron chi connectivity index (χ1n) is 7.07. The largest absolute Gasteiger partial charge is 0.550 e. The van der Waals surface area contributed by atoms with Crippen LogP contribution in [0.25, 0.3) is 0 Å². The molecular formula is C14H29NO3. The quantitative estimate of drug-likeness (QED) is 0.443. The summed E-state index contributed by atoms with van der Waals surface area (Å²) >= 11 is 0. The third-order valence-electron chi connectivity index (χ3n) is 3.24.